The molecule has 3 heterocycles. The van der Waals surface area contributed by atoms with Crippen LogP contribution in [0.4, 0.5) is 5.69 Å². The second-order valence-electron chi connectivity index (χ2n) is 10.6. The van der Waals surface area contributed by atoms with Crippen LogP contribution in [0.2, 0.25) is 5.02 Å². The van der Waals surface area contributed by atoms with E-state index in [9.17, 15) is 0 Å². The standard InChI is InChI=1S/C36H29ClN4O/c1-22-11-10-16-27-35(32(42-3)21-38-36(22)27)31-20-30(40-41(31)26-14-8-5-9-15-26)33-23(2)39-29-18-17-25(37)19-28(29)34(33)24-12-6-4-7-13-24/h4-19,21,31H,20H2,1-3H3. The number of hydrazone groups is 1. The average Bonchev–Trinajstić information content (AvgIpc) is 3.45. The zero-order chi connectivity index (χ0) is 28.8. The Morgan fingerprint density at radius 3 is 2.36 bits per heavy atom. The maximum absolute atomic E-state index is 6.55. The van der Waals surface area contributed by atoms with Gasteiger partial charge in [0.1, 0.15) is 5.75 Å². The molecule has 0 N–H and O–H groups in total. The Bertz CT molecular complexity index is 1990. The molecule has 0 radical (unpaired) electrons. The molecule has 7 rings (SSSR count). The van der Waals surface area contributed by atoms with Gasteiger partial charge >= 0.3 is 0 Å². The molecule has 5 nitrogen and oxygen atoms in total. The number of benzene rings is 4. The van der Waals surface area contributed by atoms with Crippen LogP contribution >= 0.6 is 11.6 Å². The van der Waals surface area contributed by atoms with Crippen LogP contribution in [0.3, 0.4) is 0 Å². The van der Waals surface area contributed by atoms with Crippen molar-refractivity contribution in [2.24, 2.45) is 5.10 Å². The number of hydrogen-bond acceptors (Lipinski definition) is 5. The van der Waals surface area contributed by atoms with Crippen molar-refractivity contribution in [2.75, 3.05) is 12.1 Å². The second-order valence-corrected chi connectivity index (χ2v) is 11.1. The Labute approximate surface area is 250 Å². The number of nitrogens with zero attached hydrogens (tertiary/aromatic N) is 4. The number of fused-ring (bicyclic) bond motifs is 2. The lowest BCUT2D eigenvalue weighted by molar-refractivity contribution is 0.405. The summed E-state index contributed by atoms with van der Waals surface area (Å²) in [5.74, 6) is 0.749. The number of aryl methyl sites for hydroxylation is 2. The predicted octanol–water partition coefficient (Wildman–Crippen LogP) is 9.08. The zero-order valence-corrected chi connectivity index (χ0v) is 24.4. The summed E-state index contributed by atoms with van der Waals surface area (Å²) in [6.07, 6.45) is 2.50. The molecule has 6 heteroatoms. The third-order valence-corrected chi connectivity index (χ3v) is 8.30. The van der Waals surface area contributed by atoms with Gasteiger partial charge < -0.3 is 4.74 Å². The van der Waals surface area contributed by atoms with Gasteiger partial charge in [-0.15, -0.1) is 0 Å². The number of hydrogen-bond donors (Lipinski definition) is 0. The van der Waals surface area contributed by atoms with E-state index in [1.807, 2.05) is 48.7 Å². The molecule has 1 unspecified atom stereocenters. The fourth-order valence-electron chi connectivity index (χ4n) is 6.20. The van der Waals surface area contributed by atoms with Gasteiger partial charge in [0.05, 0.1) is 41.8 Å². The topological polar surface area (TPSA) is 50.6 Å². The molecule has 0 bridgehead atoms. The molecule has 0 saturated heterocycles. The molecule has 2 aromatic heterocycles. The molecule has 0 saturated carbocycles. The van der Waals surface area contributed by atoms with Crippen molar-refractivity contribution in [1.82, 2.24) is 9.97 Å². The SMILES string of the molecule is COc1cnc2c(C)cccc2c1C1CC(c2c(C)nc3ccc(Cl)cc3c2-c2ccccc2)=NN1c1ccccc1. The Balaban J connectivity index is 1.50. The molecule has 4 aromatic carbocycles. The first kappa shape index (κ1) is 26.2. The van der Waals surface area contributed by atoms with Crippen LogP contribution in [0.5, 0.6) is 5.75 Å². The van der Waals surface area contributed by atoms with Gasteiger partial charge in [-0.1, -0.05) is 78.3 Å². The fourth-order valence-corrected chi connectivity index (χ4v) is 6.37. The number of halogens is 1. The minimum atomic E-state index is -0.122. The maximum atomic E-state index is 6.55. The van der Waals surface area contributed by atoms with Crippen molar-refractivity contribution in [3.63, 3.8) is 0 Å². The van der Waals surface area contributed by atoms with Crippen LogP contribution in [0.15, 0.2) is 108 Å². The molecule has 6 aromatic rings. The molecule has 0 fully saturated rings. The first-order chi connectivity index (χ1) is 20.5. The predicted molar refractivity (Wildman–Crippen MR) is 173 cm³/mol. The largest absolute Gasteiger partial charge is 0.495 e. The molecule has 1 aliphatic heterocycles. The molecular formula is C36H29ClN4O. The van der Waals surface area contributed by atoms with E-state index in [2.05, 4.69) is 73.5 Å². The van der Waals surface area contributed by atoms with Crippen LogP contribution in [-0.4, -0.2) is 22.8 Å². The van der Waals surface area contributed by atoms with Crippen LogP contribution in [0.1, 0.15) is 34.8 Å². The summed E-state index contributed by atoms with van der Waals surface area (Å²) in [5.41, 5.74) is 10.2. The van der Waals surface area contributed by atoms with E-state index in [4.69, 9.17) is 31.4 Å². The van der Waals surface area contributed by atoms with E-state index >= 15 is 0 Å². The molecule has 1 atom stereocenters. The molecule has 206 valence electrons. The Morgan fingerprint density at radius 2 is 1.60 bits per heavy atom. The summed E-state index contributed by atoms with van der Waals surface area (Å²) in [7, 11) is 1.71. The summed E-state index contributed by atoms with van der Waals surface area (Å²) < 4.78 is 5.95. The molecule has 0 amide bonds. The summed E-state index contributed by atoms with van der Waals surface area (Å²) in [5, 5.41) is 10.3. The highest BCUT2D eigenvalue weighted by Crippen LogP contribution is 2.45. The Morgan fingerprint density at radius 1 is 0.833 bits per heavy atom. The number of pyridine rings is 2. The zero-order valence-electron chi connectivity index (χ0n) is 23.7. The third kappa shape index (κ3) is 4.38. The smallest absolute Gasteiger partial charge is 0.143 e. The average molecular weight is 569 g/mol. The first-order valence-corrected chi connectivity index (χ1v) is 14.4. The van der Waals surface area contributed by atoms with E-state index in [0.29, 0.717) is 11.4 Å². The van der Waals surface area contributed by atoms with Crippen LogP contribution in [0, 0.1) is 13.8 Å². The highest BCUT2D eigenvalue weighted by atomic mass is 35.5. The van der Waals surface area contributed by atoms with Gasteiger partial charge in [-0.05, 0) is 55.3 Å². The lowest BCUT2D eigenvalue weighted by Gasteiger charge is -2.26. The lowest BCUT2D eigenvalue weighted by atomic mass is 9.88. The van der Waals surface area contributed by atoms with Gasteiger partial charge in [-0.2, -0.15) is 5.10 Å². The number of methoxy groups -OCH3 is 1. The van der Waals surface area contributed by atoms with Gasteiger partial charge in [0.25, 0.3) is 0 Å². The van der Waals surface area contributed by atoms with Crippen LogP contribution in [-0.2, 0) is 0 Å². The molecular weight excluding hydrogens is 540 g/mol. The number of ether oxygens (including phenoxy) is 1. The quantitative estimate of drug-likeness (QED) is 0.208. The monoisotopic (exact) mass is 568 g/mol. The van der Waals surface area contributed by atoms with Crippen LogP contribution < -0.4 is 9.75 Å². The van der Waals surface area contributed by atoms with Crippen molar-refractivity contribution in [2.45, 2.75) is 26.3 Å². The van der Waals surface area contributed by atoms with Gasteiger partial charge in [0, 0.05) is 44.6 Å². The van der Waals surface area contributed by atoms with Gasteiger partial charge in [0.15, 0.2) is 0 Å². The van der Waals surface area contributed by atoms with Crippen LogP contribution in [0.25, 0.3) is 32.9 Å². The molecule has 0 aliphatic carbocycles. The minimum absolute atomic E-state index is 0.122. The normalized spacial score (nSPS) is 14.9. The Kier molecular flexibility index (Phi) is 6.60. The lowest BCUT2D eigenvalue weighted by Crippen LogP contribution is -2.19. The van der Waals surface area contributed by atoms with Crippen molar-refractivity contribution in [3.8, 4) is 16.9 Å². The van der Waals surface area contributed by atoms with Gasteiger partial charge in [-0.25, -0.2) is 0 Å². The molecule has 1 aliphatic rings. The highest BCUT2D eigenvalue weighted by molar-refractivity contribution is 6.31. The van der Waals surface area contributed by atoms with E-state index in [1.54, 1.807) is 7.11 Å². The van der Waals surface area contributed by atoms with Crippen molar-refractivity contribution < 1.29 is 4.74 Å². The third-order valence-electron chi connectivity index (χ3n) is 8.07. The van der Waals surface area contributed by atoms with Gasteiger partial charge in [0.2, 0.25) is 0 Å². The second kappa shape index (κ2) is 10.6. The number of anilines is 1. The first-order valence-electron chi connectivity index (χ1n) is 14.0. The number of rotatable bonds is 5. The highest BCUT2D eigenvalue weighted by Gasteiger charge is 2.35. The maximum Gasteiger partial charge on any atom is 0.143 e. The summed E-state index contributed by atoms with van der Waals surface area (Å²) >= 11 is 6.55. The summed E-state index contributed by atoms with van der Waals surface area (Å²) in [6, 6.07) is 32.9. The number of para-hydroxylation sites is 2. The van der Waals surface area contributed by atoms with E-state index in [0.717, 1.165) is 72.5 Å². The Hall–Kier alpha value is -4.74. The molecule has 42 heavy (non-hydrogen) atoms. The van der Waals surface area contributed by atoms with E-state index < -0.39 is 0 Å². The number of aromatic nitrogens is 2. The molecule has 0 spiro atoms. The van der Waals surface area contributed by atoms with Crippen molar-refractivity contribution in [1.29, 1.82) is 0 Å². The van der Waals surface area contributed by atoms with Crippen molar-refractivity contribution >= 4 is 44.8 Å². The fraction of sp³-hybridized carbons (Fsp3) is 0.139. The minimum Gasteiger partial charge on any atom is -0.495 e. The van der Waals surface area contributed by atoms with E-state index in [-0.39, 0.29) is 6.04 Å². The van der Waals surface area contributed by atoms with Gasteiger partial charge in [-0.3, -0.25) is 15.0 Å². The van der Waals surface area contributed by atoms with Crippen molar-refractivity contribution in [3.05, 3.63) is 131 Å². The summed E-state index contributed by atoms with van der Waals surface area (Å²) in [6.45, 7) is 4.17. The summed E-state index contributed by atoms with van der Waals surface area (Å²) in [4.78, 5) is 9.81. The van der Waals surface area contributed by atoms with E-state index in [1.165, 1.54) is 0 Å².